The fourth-order valence-corrected chi connectivity index (χ4v) is 3.88. The number of hydrogen-bond acceptors (Lipinski definition) is 5. The molecule has 1 aromatic carbocycles. The van der Waals surface area contributed by atoms with E-state index in [1.807, 2.05) is 38.2 Å². The van der Waals surface area contributed by atoms with Crippen LogP contribution in [0.4, 0.5) is 0 Å². The van der Waals surface area contributed by atoms with E-state index in [0.717, 1.165) is 55.2 Å². The van der Waals surface area contributed by atoms with E-state index in [0.29, 0.717) is 0 Å². The minimum atomic E-state index is -0.799. The lowest BCUT2D eigenvalue weighted by molar-refractivity contribution is -0.144. The first kappa shape index (κ1) is 19.3. The van der Waals surface area contributed by atoms with Crippen LogP contribution in [0.5, 0.6) is 5.75 Å². The lowest BCUT2D eigenvalue weighted by Gasteiger charge is -2.38. The normalized spacial score (nSPS) is 16.9. The molecule has 1 saturated heterocycles. The number of nitrogens with zero attached hydrogens (tertiary/aromatic N) is 3. The molecule has 2 aromatic rings. The van der Waals surface area contributed by atoms with Gasteiger partial charge in [0, 0.05) is 45.1 Å². The summed E-state index contributed by atoms with van der Waals surface area (Å²) in [7, 11) is 1.63. The summed E-state index contributed by atoms with van der Waals surface area (Å²) >= 11 is 0. The number of aliphatic carboxylic acids is 1. The number of aromatic nitrogens is 1. The molecule has 1 aromatic heterocycles. The van der Waals surface area contributed by atoms with Crippen molar-refractivity contribution in [3.63, 3.8) is 0 Å². The van der Waals surface area contributed by atoms with Crippen LogP contribution < -0.4 is 4.74 Å². The molecule has 1 unspecified atom stereocenters. The van der Waals surface area contributed by atoms with E-state index in [2.05, 4.69) is 20.9 Å². The first-order valence-electron chi connectivity index (χ1n) is 9.23. The lowest BCUT2D eigenvalue weighted by Crippen LogP contribution is -2.49. The third-order valence-electron chi connectivity index (χ3n) is 5.21. The van der Waals surface area contributed by atoms with Gasteiger partial charge >= 0.3 is 5.97 Å². The van der Waals surface area contributed by atoms with Crippen LogP contribution in [0.15, 0.2) is 36.7 Å². The average molecular weight is 369 g/mol. The third-order valence-corrected chi connectivity index (χ3v) is 5.21. The van der Waals surface area contributed by atoms with E-state index >= 15 is 0 Å². The van der Waals surface area contributed by atoms with Crippen molar-refractivity contribution in [1.82, 2.24) is 14.8 Å². The molecular weight excluding hydrogens is 342 g/mol. The maximum atomic E-state index is 12.1. The first-order chi connectivity index (χ1) is 13.0. The van der Waals surface area contributed by atoms with Crippen LogP contribution in [0.25, 0.3) is 0 Å². The summed E-state index contributed by atoms with van der Waals surface area (Å²) in [6.45, 7) is 7.89. The van der Waals surface area contributed by atoms with Crippen molar-refractivity contribution in [2.24, 2.45) is 0 Å². The molecule has 0 bridgehead atoms. The second-order valence-electron chi connectivity index (χ2n) is 7.09. The molecule has 1 atom stereocenters. The minimum Gasteiger partial charge on any atom is -0.497 e. The van der Waals surface area contributed by atoms with Gasteiger partial charge in [-0.1, -0.05) is 6.07 Å². The summed E-state index contributed by atoms with van der Waals surface area (Å²) in [5.74, 6) is -0.0359. The SMILES string of the molecule is COc1cc(C)c(C(C(=O)O)N2CCN(Cc3cccnc3)CC2)c(C)c1. The predicted octanol–water partition coefficient (Wildman–Crippen LogP) is 2.65. The highest BCUT2D eigenvalue weighted by Gasteiger charge is 2.32. The molecule has 1 N–H and O–H groups in total. The molecule has 6 heteroatoms. The lowest BCUT2D eigenvalue weighted by atomic mass is 9.94. The molecule has 0 aliphatic carbocycles. The standard InChI is InChI=1S/C21H27N3O3/c1-15-11-18(27-3)12-16(2)19(15)20(21(25)26)24-9-7-23(8-10-24)14-17-5-4-6-22-13-17/h4-6,11-13,20H,7-10,14H2,1-3H3,(H,25,26). The van der Waals surface area contributed by atoms with Crippen LogP contribution in [0, 0.1) is 13.8 Å². The summed E-state index contributed by atoms with van der Waals surface area (Å²) in [6.07, 6.45) is 3.66. The van der Waals surface area contributed by atoms with E-state index in [9.17, 15) is 9.90 Å². The highest BCUT2D eigenvalue weighted by Crippen LogP contribution is 2.31. The van der Waals surface area contributed by atoms with Crippen molar-refractivity contribution in [2.45, 2.75) is 26.4 Å². The van der Waals surface area contributed by atoms with Gasteiger partial charge in [0.25, 0.3) is 0 Å². The molecule has 3 rings (SSSR count). The Morgan fingerprint density at radius 1 is 1.22 bits per heavy atom. The van der Waals surface area contributed by atoms with Crippen molar-refractivity contribution in [1.29, 1.82) is 0 Å². The summed E-state index contributed by atoms with van der Waals surface area (Å²) in [4.78, 5) is 20.7. The Morgan fingerprint density at radius 3 is 2.41 bits per heavy atom. The van der Waals surface area contributed by atoms with Crippen molar-refractivity contribution < 1.29 is 14.6 Å². The zero-order valence-corrected chi connectivity index (χ0v) is 16.2. The second-order valence-corrected chi connectivity index (χ2v) is 7.09. The summed E-state index contributed by atoms with van der Waals surface area (Å²) in [5, 5.41) is 9.96. The van der Waals surface area contributed by atoms with Gasteiger partial charge in [0.2, 0.25) is 0 Å². The van der Waals surface area contributed by atoms with Crippen LogP contribution in [0.2, 0.25) is 0 Å². The van der Waals surface area contributed by atoms with Crippen LogP contribution in [0.1, 0.15) is 28.3 Å². The molecule has 6 nitrogen and oxygen atoms in total. The zero-order chi connectivity index (χ0) is 19.4. The number of carbonyl (C=O) groups is 1. The number of carboxylic acids is 1. The number of aryl methyl sites for hydroxylation is 2. The number of carboxylic acid groups (broad SMARTS) is 1. The summed E-state index contributed by atoms with van der Waals surface area (Å²) < 4.78 is 5.31. The molecule has 1 fully saturated rings. The van der Waals surface area contributed by atoms with Gasteiger partial charge < -0.3 is 9.84 Å². The quantitative estimate of drug-likeness (QED) is 0.844. The third kappa shape index (κ3) is 4.46. The first-order valence-corrected chi connectivity index (χ1v) is 9.23. The van der Waals surface area contributed by atoms with Gasteiger partial charge in [0.1, 0.15) is 11.8 Å². The monoisotopic (exact) mass is 369 g/mol. The number of pyridine rings is 1. The topological polar surface area (TPSA) is 65.9 Å². The smallest absolute Gasteiger partial charge is 0.325 e. The summed E-state index contributed by atoms with van der Waals surface area (Å²) in [6, 6.07) is 7.22. The van der Waals surface area contributed by atoms with E-state index in [1.165, 1.54) is 5.56 Å². The van der Waals surface area contributed by atoms with Gasteiger partial charge in [-0.05, 0) is 54.3 Å². The molecule has 1 aliphatic rings. The van der Waals surface area contributed by atoms with Crippen LogP contribution in [-0.4, -0.2) is 59.1 Å². The molecule has 27 heavy (non-hydrogen) atoms. The summed E-state index contributed by atoms with van der Waals surface area (Å²) in [5.41, 5.74) is 3.97. The molecule has 0 spiro atoms. The maximum absolute atomic E-state index is 12.1. The van der Waals surface area contributed by atoms with Crippen molar-refractivity contribution in [3.05, 3.63) is 58.9 Å². The Morgan fingerprint density at radius 2 is 1.89 bits per heavy atom. The minimum absolute atomic E-state index is 0.628. The second kappa shape index (κ2) is 8.50. The van der Waals surface area contributed by atoms with Crippen molar-refractivity contribution in [3.8, 4) is 5.75 Å². The Bertz CT molecular complexity index is 764. The molecule has 0 saturated carbocycles. The number of methoxy groups -OCH3 is 1. The number of benzene rings is 1. The Hall–Kier alpha value is -2.44. The Labute approximate surface area is 160 Å². The van der Waals surface area contributed by atoms with Crippen molar-refractivity contribution in [2.75, 3.05) is 33.3 Å². The van der Waals surface area contributed by atoms with Gasteiger partial charge in [-0.2, -0.15) is 0 Å². The number of rotatable bonds is 6. The van der Waals surface area contributed by atoms with E-state index < -0.39 is 12.0 Å². The highest BCUT2D eigenvalue weighted by molar-refractivity contribution is 5.77. The maximum Gasteiger partial charge on any atom is 0.325 e. The van der Waals surface area contributed by atoms with E-state index in [-0.39, 0.29) is 0 Å². The van der Waals surface area contributed by atoms with Gasteiger partial charge in [0.05, 0.1) is 7.11 Å². The number of ether oxygens (including phenoxy) is 1. The fourth-order valence-electron chi connectivity index (χ4n) is 3.88. The average Bonchev–Trinajstić information content (AvgIpc) is 2.66. The molecule has 2 heterocycles. The molecule has 144 valence electrons. The molecule has 0 amide bonds. The molecular formula is C21H27N3O3. The van der Waals surface area contributed by atoms with Crippen LogP contribution in [-0.2, 0) is 11.3 Å². The van der Waals surface area contributed by atoms with Gasteiger partial charge in [-0.15, -0.1) is 0 Å². The zero-order valence-electron chi connectivity index (χ0n) is 16.2. The van der Waals surface area contributed by atoms with E-state index in [4.69, 9.17) is 4.74 Å². The molecule has 0 radical (unpaired) electrons. The van der Waals surface area contributed by atoms with Gasteiger partial charge in [0.15, 0.2) is 0 Å². The van der Waals surface area contributed by atoms with Crippen LogP contribution in [0.3, 0.4) is 0 Å². The van der Waals surface area contributed by atoms with Gasteiger partial charge in [-0.25, -0.2) is 0 Å². The van der Waals surface area contributed by atoms with E-state index in [1.54, 1.807) is 13.3 Å². The highest BCUT2D eigenvalue weighted by atomic mass is 16.5. The predicted molar refractivity (Wildman–Crippen MR) is 104 cm³/mol. The number of piperazine rings is 1. The molecule has 1 aliphatic heterocycles. The van der Waals surface area contributed by atoms with Crippen LogP contribution >= 0.6 is 0 Å². The fraction of sp³-hybridized carbons (Fsp3) is 0.429. The Balaban J connectivity index is 1.73. The van der Waals surface area contributed by atoms with Crippen molar-refractivity contribution >= 4 is 5.97 Å². The van der Waals surface area contributed by atoms with Gasteiger partial charge in [-0.3, -0.25) is 19.6 Å². The number of hydrogen-bond donors (Lipinski definition) is 1. The Kier molecular flexibility index (Phi) is 6.08. The largest absolute Gasteiger partial charge is 0.497 e.